The van der Waals surface area contributed by atoms with E-state index in [9.17, 15) is 0 Å². The zero-order valence-electron chi connectivity index (χ0n) is 20.5. The van der Waals surface area contributed by atoms with Crippen LogP contribution in [0.15, 0.2) is 23.2 Å². The van der Waals surface area contributed by atoms with Crippen molar-refractivity contribution >= 4 is 29.9 Å². The molecule has 2 N–H and O–H groups in total. The molecule has 1 aliphatic heterocycles. The van der Waals surface area contributed by atoms with Gasteiger partial charge in [0.1, 0.15) is 12.4 Å². The Morgan fingerprint density at radius 2 is 1.78 bits per heavy atom. The second-order valence-electron chi connectivity index (χ2n) is 7.99. The molecule has 0 saturated carbocycles. The summed E-state index contributed by atoms with van der Waals surface area (Å²) in [5, 5.41) is 6.85. The topological polar surface area (TPSA) is 61.4 Å². The predicted molar refractivity (Wildman–Crippen MR) is 145 cm³/mol. The van der Waals surface area contributed by atoms with Crippen LogP contribution in [0.25, 0.3) is 0 Å². The van der Waals surface area contributed by atoms with E-state index in [1.165, 1.54) is 51.3 Å². The summed E-state index contributed by atoms with van der Waals surface area (Å²) >= 11 is 0. The van der Waals surface area contributed by atoms with Crippen molar-refractivity contribution in [1.29, 1.82) is 0 Å². The number of hydrogen-bond acceptors (Lipinski definition) is 5. The molecule has 1 aromatic carbocycles. The van der Waals surface area contributed by atoms with Gasteiger partial charge in [0.2, 0.25) is 0 Å². The van der Waals surface area contributed by atoms with Gasteiger partial charge in [0.15, 0.2) is 5.96 Å². The van der Waals surface area contributed by atoms with Gasteiger partial charge in [0.05, 0.1) is 6.61 Å². The van der Waals surface area contributed by atoms with Crippen LogP contribution in [0.4, 0.5) is 0 Å². The molecule has 2 rings (SSSR count). The number of aliphatic imine (C=N–C) groups is 1. The van der Waals surface area contributed by atoms with Crippen LogP contribution in [0, 0.1) is 6.92 Å². The molecule has 0 aromatic heterocycles. The fourth-order valence-corrected chi connectivity index (χ4v) is 3.69. The summed E-state index contributed by atoms with van der Waals surface area (Å²) in [7, 11) is 1.82. The number of nitrogens with one attached hydrogen (secondary N) is 2. The summed E-state index contributed by atoms with van der Waals surface area (Å²) < 4.78 is 11.3. The predicted octanol–water partition coefficient (Wildman–Crippen LogP) is 3.11. The van der Waals surface area contributed by atoms with E-state index >= 15 is 0 Å². The Morgan fingerprint density at radius 3 is 2.47 bits per heavy atom. The molecule has 1 fully saturated rings. The van der Waals surface area contributed by atoms with E-state index in [0.717, 1.165) is 30.2 Å². The van der Waals surface area contributed by atoms with Crippen LogP contribution in [0.5, 0.6) is 5.75 Å². The summed E-state index contributed by atoms with van der Waals surface area (Å²) in [6, 6.07) is 6.31. The van der Waals surface area contributed by atoms with Crippen LogP contribution in [0.1, 0.15) is 37.8 Å². The molecule has 1 aliphatic rings. The molecular weight excluding hydrogens is 517 g/mol. The monoisotopic (exact) mass is 561 g/mol. The van der Waals surface area contributed by atoms with Crippen LogP contribution in [-0.2, 0) is 11.3 Å². The number of hydrogen-bond donors (Lipinski definition) is 2. The Kier molecular flexibility index (Phi) is 15.7. The van der Waals surface area contributed by atoms with E-state index in [1.54, 1.807) is 0 Å². The smallest absolute Gasteiger partial charge is 0.191 e. The number of ether oxygens (including phenoxy) is 2. The third-order valence-corrected chi connectivity index (χ3v) is 5.69. The molecule has 1 heterocycles. The zero-order chi connectivity index (χ0) is 22.3. The Hall–Kier alpha value is -1.10. The summed E-state index contributed by atoms with van der Waals surface area (Å²) in [4.78, 5) is 9.47. The maximum atomic E-state index is 5.94. The highest BCUT2D eigenvalue weighted by molar-refractivity contribution is 14.0. The van der Waals surface area contributed by atoms with Crippen LogP contribution in [0.3, 0.4) is 0 Å². The van der Waals surface area contributed by atoms with Crippen molar-refractivity contribution in [3.05, 3.63) is 29.3 Å². The highest BCUT2D eigenvalue weighted by Gasteiger charge is 2.14. The van der Waals surface area contributed by atoms with Crippen molar-refractivity contribution in [1.82, 2.24) is 20.4 Å². The summed E-state index contributed by atoms with van der Waals surface area (Å²) in [6.45, 7) is 17.0. The minimum atomic E-state index is 0. The first kappa shape index (κ1) is 28.9. The van der Waals surface area contributed by atoms with E-state index in [-0.39, 0.29) is 24.0 Å². The zero-order valence-corrected chi connectivity index (χ0v) is 22.8. The third-order valence-electron chi connectivity index (χ3n) is 5.69. The molecule has 0 atom stereocenters. The van der Waals surface area contributed by atoms with Crippen molar-refractivity contribution in [2.45, 2.75) is 40.2 Å². The molecule has 0 aliphatic carbocycles. The average Bonchev–Trinajstić information content (AvgIpc) is 2.80. The Labute approximate surface area is 212 Å². The van der Waals surface area contributed by atoms with Crippen molar-refractivity contribution in [2.24, 2.45) is 4.99 Å². The number of unbranched alkanes of at least 4 members (excludes halogenated alkanes) is 1. The van der Waals surface area contributed by atoms with Gasteiger partial charge >= 0.3 is 0 Å². The molecule has 184 valence electrons. The SMILES string of the molecule is CCOCCOc1cc(C)ccc1CNC(=NC)NCCCCN1CCN(CC)CC1.I. The van der Waals surface area contributed by atoms with Gasteiger partial charge in [-0.2, -0.15) is 0 Å². The van der Waals surface area contributed by atoms with E-state index < -0.39 is 0 Å². The summed E-state index contributed by atoms with van der Waals surface area (Å²) in [5.74, 6) is 1.74. The number of aryl methyl sites for hydroxylation is 1. The molecular formula is C24H44IN5O2. The maximum Gasteiger partial charge on any atom is 0.191 e. The largest absolute Gasteiger partial charge is 0.491 e. The summed E-state index contributed by atoms with van der Waals surface area (Å²) in [6.07, 6.45) is 2.36. The molecule has 8 heteroatoms. The highest BCUT2D eigenvalue weighted by Crippen LogP contribution is 2.20. The fourth-order valence-electron chi connectivity index (χ4n) is 3.69. The quantitative estimate of drug-likeness (QED) is 0.167. The van der Waals surface area contributed by atoms with E-state index in [1.807, 2.05) is 14.0 Å². The third kappa shape index (κ3) is 11.2. The van der Waals surface area contributed by atoms with Crippen LogP contribution >= 0.6 is 24.0 Å². The van der Waals surface area contributed by atoms with Crippen molar-refractivity contribution in [3.63, 3.8) is 0 Å². The Balaban J connectivity index is 0.00000512. The normalized spacial score (nSPS) is 15.3. The lowest BCUT2D eigenvalue weighted by atomic mass is 10.1. The molecule has 7 nitrogen and oxygen atoms in total. The van der Waals surface area contributed by atoms with Crippen molar-refractivity contribution in [2.75, 3.05) is 72.7 Å². The maximum absolute atomic E-state index is 5.94. The standard InChI is InChI=1S/C24H43N5O2.HI/c1-5-28-13-15-29(16-14-28)12-8-7-11-26-24(25-4)27-20-22-10-9-21(3)19-23(22)31-18-17-30-6-2;/h9-10,19H,5-8,11-18,20H2,1-4H3,(H2,25,26,27);1H. The lowest BCUT2D eigenvalue weighted by Gasteiger charge is -2.34. The van der Waals surface area contributed by atoms with Crippen molar-refractivity contribution < 1.29 is 9.47 Å². The average molecular weight is 562 g/mol. The minimum Gasteiger partial charge on any atom is -0.491 e. The highest BCUT2D eigenvalue weighted by atomic mass is 127. The molecule has 1 saturated heterocycles. The Morgan fingerprint density at radius 1 is 1.03 bits per heavy atom. The second kappa shape index (κ2) is 17.4. The number of rotatable bonds is 13. The lowest BCUT2D eigenvalue weighted by molar-refractivity contribution is 0.110. The number of piperazine rings is 1. The van der Waals surface area contributed by atoms with Gasteiger partial charge in [-0.1, -0.05) is 19.1 Å². The molecule has 32 heavy (non-hydrogen) atoms. The van der Waals surface area contributed by atoms with Gasteiger partial charge in [-0.3, -0.25) is 4.99 Å². The van der Waals surface area contributed by atoms with Gasteiger partial charge in [-0.15, -0.1) is 24.0 Å². The van der Waals surface area contributed by atoms with Gasteiger partial charge in [0.25, 0.3) is 0 Å². The number of benzene rings is 1. The molecule has 0 amide bonds. The van der Waals surface area contributed by atoms with Gasteiger partial charge in [0, 0.05) is 58.5 Å². The van der Waals surface area contributed by atoms with Crippen LogP contribution in [-0.4, -0.2) is 88.4 Å². The molecule has 0 radical (unpaired) electrons. The second-order valence-corrected chi connectivity index (χ2v) is 7.99. The van der Waals surface area contributed by atoms with E-state index in [2.05, 4.69) is 57.5 Å². The van der Waals surface area contributed by atoms with Crippen LogP contribution in [0.2, 0.25) is 0 Å². The molecule has 0 spiro atoms. The molecule has 1 aromatic rings. The first-order valence-corrected chi connectivity index (χ1v) is 11.9. The van der Waals surface area contributed by atoms with Gasteiger partial charge in [-0.25, -0.2) is 0 Å². The number of likely N-dealkylation sites (N-methyl/N-ethyl adjacent to an activating group) is 1. The minimum absolute atomic E-state index is 0. The van der Waals surface area contributed by atoms with E-state index in [4.69, 9.17) is 9.47 Å². The molecule has 0 unspecified atom stereocenters. The van der Waals surface area contributed by atoms with Gasteiger partial charge < -0.3 is 29.9 Å². The van der Waals surface area contributed by atoms with Crippen molar-refractivity contribution in [3.8, 4) is 5.75 Å². The van der Waals surface area contributed by atoms with E-state index in [0.29, 0.717) is 26.4 Å². The number of guanidine groups is 1. The molecule has 0 bridgehead atoms. The summed E-state index contributed by atoms with van der Waals surface area (Å²) in [5.41, 5.74) is 2.31. The fraction of sp³-hybridized carbons (Fsp3) is 0.708. The van der Waals surface area contributed by atoms with Gasteiger partial charge in [-0.05, 0) is 51.4 Å². The lowest BCUT2D eigenvalue weighted by Crippen LogP contribution is -2.46. The number of nitrogens with zero attached hydrogens (tertiary/aromatic N) is 3. The first-order valence-electron chi connectivity index (χ1n) is 11.9. The first-order chi connectivity index (χ1) is 15.2. The number of halogens is 1. The Bertz CT molecular complexity index is 651. The van der Waals surface area contributed by atoms with Crippen LogP contribution < -0.4 is 15.4 Å².